The summed E-state index contributed by atoms with van der Waals surface area (Å²) in [5.41, 5.74) is 2.35. The number of thiocarbonyl (C=S) groups is 1. The van der Waals surface area contributed by atoms with E-state index in [2.05, 4.69) is 51.2 Å². The van der Waals surface area contributed by atoms with E-state index in [-0.39, 0.29) is 12.1 Å². The number of hydrogen-bond acceptors (Lipinski definition) is 2. The van der Waals surface area contributed by atoms with Crippen LogP contribution in [0.15, 0.2) is 42.7 Å². The minimum absolute atomic E-state index is 0.109. The predicted octanol–water partition coefficient (Wildman–Crippen LogP) is 3.34. The summed E-state index contributed by atoms with van der Waals surface area (Å²) in [5.74, 6) is 0. The van der Waals surface area contributed by atoms with Crippen LogP contribution in [0.5, 0.6) is 0 Å². The van der Waals surface area contributed by atoms with E-state index >= 15 is 0 Å². The first-order valence-corrected chi connectivity index (χ1v) is 8.77. The first-order valence-electron chi connectivity index (χ1n) is 8.36. The minimum atomic E-state index is 0.109. The van der Waals surface area contributed by atoms with Gasteiger partial charge in [-0.15, -0.1) is 0 Å². The highest BCUT2D eigenvalue weighted by atomic mass is 32.1. The second-order valence-electron chi connectivity index (χ2n) is 6.52. The summed E-state index contributed by atoms with van der Waals surface area (Å²) in [6, 6.07) is 11.3. The average molecular weight is 326 g/mol. The van der Waals surface area contributed by atoms with Gasteiger partial charge in [0, 0.05) is 31.2 Å². The largest absolute Gasteiger partial charge is 0.353 e. The Kier molecular flexibility index (Phi) is 3.81. The lowest BCUT2D eigenvalue weighted by Gasteiger charge is -2.33. The van der Waals surface area contributed by atoms with Crippen LogP contribution in [0.2, 0.25) is 0 Å². The molecule has 0 unspecified atom stereocenters. The third-order valence-electron chi connectivity index (χ3n) is 5.14. The lowest BCUT2D eigenvalue weighted by atomic mass is 10.00. The van der Waals surface area contributed by atoms with Gasteiger partial charge in [-0.05, 0) is 49.3 Å². The van der Waals surface area contributed by atoms with Crippen molar-refractivity contribution in [2.75, 3.05) is 0 Å². The summed E-state index contributed by atoms with van der Waals surface area (Å²) in [6.07, 6.45) is 9.05. The maximum atomic E-state index is 5.73. The molecule has 2 atom stereocenters. The fourth-order valence-electron chi connectivity index (χ4n) is 4.04. The Balaban J connectivity index is 1.77. The van der Waals surface area contributed by atoms with Crippen molar-refractivity contribution in [3.05, 3.63) is 54.1 Å². The molecule has 1 aliphatic heterocycles. The molecule has 0 aromatic carbocycles. The maximum Gasteiger partial charge on any atom is 0.170 e. The van der Waals surface area contributed by atoms with E-state index in [1.54, 1.807) is 0 Å². The standard InChI is InChI=1S/C18H22N4S/c1-21-12-6-10-15(21)17-16(14-9-4-5-11-19-14)20-18(23)22(17)13-7-2-3-8-13/h4-6,9-13,16-17H,2-3,7-8H2,1H3,(H,20,23)/t16-,17-/m0/s1. The molecule has 2 aliphatic rings. The molecule has 0 spiro atoms. The first-order chi connectivity index (χ1) is 11.3. The number of hydrogen-bond donors (Lipinski definition) is 1. The fraction of sp³-hybridized carbons (Fsp3) is 0.444. The number of aryl methyl sites for hydroxylation is 1. The predicted molar refractivity (Wildman–Crippen MR) is 95.0 cm³/mol. The number of pyridine rings is 1. The zero-order valence-corrected chi connectivity index (χ0v) is 14.2. The molecule has 3 heterocycles. The molecule has 2 fully saturated rings. The Bertz CT molecular complexity index is 690. The Morgan fingerprint density at radius 1 is 1.17 bits per heavy atom. The molecule has 5 heteroatoms. The third-order valence-corrected chi connectivity index (χ3v) is 5.47. The van der Waals surface area contributed by atoms with Crippen molar-refractivity contribution in [2.45, 2.75) is 43.8 Å². The SMILES string of the molecule is Cn1cccc1[C@H]1[C@H](c2ccccn2)NC(=S)N1C1CCCC1. The van der Waals surface area contributed by atoms with Crippen molar-refractivity contribution in [1.29, 1.82) is 0 Å². The van der Waals surface area contributed by atoms with E-state index in [1.807, 2.05) is 18.3 Å². The van der Waals surface area contributed by atoms with Crippen molar-refractivity contribution in [1.82, 2.24) is 19.8 Å². The van der Waals surface area contributed by atoms with Crippen LogP contribution in [0.4, 0.5) is 0 Å². The molecule has 1 aliphatic carbocycles. The summed E-state index contributed by atoms with van der Waals surface area (Å²) >= 11 is 5.73. The van der Waals surface area contributed by atoms with Gasteiger partial charge in [-0.3, -0.25) is 4.98 Å². The normalized spacial score (nSPS) is 25.1. The smallest absolute Gasteiger partial charge is 0.170 e. The van der Waals surface area contributed by atoms with Crippen molar-refractivity contribution in [3.8, 4) is 0 Å². The minimum Gasteiger partial charge on any atom is -0.353 e. The zero-order valence-electron chi connectivity index (χ0n) is 13.4. The average Bonchev–Trinajstić information content (AvgIpc) is 3.28. The summed E-state index contributed by atoms with van der Waals surface area (Å²) < 4.78 is 2.21. The van der Waals surface area contributed by atoms with E-state index in [0.717, 1.165) is 10.8 Å². The molecule has 2 aromatic rings. The topological polar surface area (TPSA) is 33.1 Å². The molecule has 0 bridgehead atoms. The van der Waals surface area contributed by atoms with Gasteiger partial charge in [-0.25, -0.2) is 0 Å². The van der Waals surface area contributed by atoms with Gasteiger partial charge >= 0.3 is 0 Å². The Labute approximate surface area is 142 Å². The number of nitrogens with zero attached hydrogens (tertiary/aromatic N) is 3. The van der Waals surface area contributed by atoms with Crippen LogP contribution in [0, 0.1) is 0 Å². The molecule has 4 nitrogen and oxygen atoms in total. The van der Waals surface area contributed by atoms with Crippen LogP contribution in [-0.2, 0) is 7.05 Å². The van der Waals surface area contributed by atoms with Gasteiger partial charge in [0.15, 0.2) is 5.11 Å². The van der Waals surface area contributed by atoms with Gasteiger partial charge in [0.05, 0.1) is 17.8 Å². The van der Waals surface area contributed by atoms with E-state index in [4.69, 9.17) is 12.2 Å². The number of rotatable bonds is 3. The van der Waals surface area contributed by atoms with Crippen LogP contribution in [0.1, 0.15) is 49.2 Å². The lowest BCUT2D eigenvalue weighted by Crippen LogP contribution is -2.38. The van der Waals surface area contributed by atoms with Crippen LogP contribution < -0.4 is 5.32 Å². The number of aromatic nitrogens is 2. The van der Waals surface area contributed by atoms with Gasteiger partial charge in [0.2, 0.25) is 0 Å². The van der Waals surface area contributed by atoms with E-state index in [9.17, 15) is 0 Å². The van der Waals surface area contributed by atoms with Crippen molar-refractivity contribution < 1.29 is 0 Å². The van der Waals surface area contributed by atoms with Crippen LogP contribution >= 0.6 is 12.2 Å². The molecule has 2 aromatic heterocycles. The molecule has 1 N–H and O–H groups in total. The molecule has 120 valence electrons. The molecular formula is C18H22N4S. The van der Waals surface area contributed by atoms with Gasteiger partial charge in [-0.2, -0.15) is 0 Å². The van der Waals surface area contributed by atoms with Gasteiger partial charge in [0.25, 0.3) is 0 Å². The third kappa shape index (κ3) is 2.53. The van der Waals surface area contributed by atoms with E-state index in [0.29, 0.717) is 6.04 Å². The maximum absolute atomic E-state index is 5.73. The molecular weight excluding hydrogens is 304 g/mol. The highest BCUT2D eigenvalue weighted by Crippen LogP contribution is 2.42. The second-order valence-corrected chi connectivity index (χ2v) is 6.90. The lowest BCUT2D eigenvalue weighted by molar-refractivity contribution is 0.238. The van der Waals surface area contributed by atoms with Crippen molar-refractivity contribution in [3.63, 3.8) is 0 Å². The van der Waals surface area contributed by atoms with Crippen molar-refractivity contribution >= 4 is 17.3 Å². The quantitative estimate of drug-likeness (QED) is 0.877. The Morgan fingerprint density at radius 2 is 2.00 bits per heavy atom. The van der Waals surface area contributed by atoms with Crippen LogP contribution in [-0.4, -0.2) is 25.6 Å². The number of nitrogens with one attached hydrogen (secondary N) is 1. The highest BCUT2D eigenvalue weighted by molar-refractivity contribution is 7.80. The highest BCUT2D eigenvalue weighted by Gasteiger charge is 2.44. The van der Waals surface area contributed by atoms with Gasteiger partial charge in [-0.1, -0.05) is 18.9 Å². The fourth-order valence-corrected chi connectivity index (χ4v) is 4.43. The Hall–Kier alpha value is -1.88. The summed E-state index contributed by atoms with van der Waals surface area (Å²) in [5, 5.41) is 4.42. The van der Waals surface area contributed by atoms with Crippen LogP contribution in [0.3, 0.4) is 0 Å². The van der Waals surface area contributed by atoms with Crippen LogP contribution in [0.25, 0.3) is 0 Å². The molecule has 0 amide bonds. The molecule has 23 heavy (non-hydrogen) atoms. The zero-order chi connectivity index (χ0) is 15.8. The summed E-state index contributed by atoms with van der Waals surface area (Å²) in [7, 11) is 2.11. The summed E-state index contributed by atoms with van der Waals surface area (Å²) in [6.45, 7) is 0. The van der Waals surface area contributed by atoms with E-state index < -0.39 is 0 Å². The second kappa shape index (κ2) is 5.96. The molecule has 4 rings (SSSR count). The van der Waals surface area contributed by atoms with E-state index in [1.165, 1.54) is 31.4 Å². The Morgan fingerprint density at radius 3 is 2.65 bits per heavy atom. The molecule has 1 saturated carbocycles. The first kappa shape index (κ1) is 14.7. The monoisotopic (exact) mass is 326 g/mol. The molecule has 1 saturated heterocycles. The van der Waals surface area contributed by atoms with Crippen molar-refractivity contribution in [2.24, 2.45) is 7.05 Å². The van der Waals surface area contributed by atoms with Gasteiger partial charge < -0.3 is 14.8 Å². The van der Waals surface area contributed by atoms with Gasteiger partial charge in [0.1, 0.15) is 0 Å². The molecule has 0 radical (unpaired) electrons. The summed E-state index contributed by atoms with van der Waals surface area (Å²) in [4.78, 5) is 7.03.